The van der Waals surface area contributed by atoms with E-state index in [1.54, 1.807) is 47.7 Å². The smallest absolute Gasteiger partial charge is 0.265 e. The average Bonchev–Trinajstić information content (AvgIpc) is 3.47. The molecule has 2 aromatic heterocycles. The highest BCUT2D eigenvalue weighted by atomic mass is 32.1. The van der Waals surface area contributed by atoms with Gasteiger partial charge in [0.15, 0.2) is 0 Å². The minimum Gasteiger partial charge on any atom is -0.494 e. The van der Waals surface area contributed by atoms with Crippen molar-refractivity contribution >= 4 is 43.9 Å². The topological polar surface area (TPSA) is 54.8 Å². The van der Waals surface area contributed by atoms with Gasteiger partial charge in [-0.05, 0) is 78.7 Å². The van der Waals surface area contributed by atoms with Crippen LogP contribution in [0.4, 0.5) is 5.69 Å². The summed E-state index contributed by atoms with van der Waals surface area (Å²) in [6, 6.07) is 26.5. The minimum atomic E-state index is -0.347. The van der Waals surface area contributed by atoms with Gasteiger partial charge in [0.2, 0.25) is 0 Å². The Morgan fingerprint density at radius 3 is 2.51 bits per heavy atom. The first-order chi connectivity index (χ1) is 19.2. The second-order valence-electron chi connectivity index (χ2n) is 9.89. The van der Waals surface area contributed by atoms with Crippen LogP contribution in [0.2, 0.25) is 0 Å². The van der Waals surface area contributed by atoms with Crippen molar-refractivity contribution in [3.05, 3.63) is 106 Å². The third-order valence-electron chi connectivity index (χ3n) is 7.42. The van der Waals surface area contributed by atoms with Crippen molar-refractivity contribution in [3.8, 4) is 5.75 Å². The molecule has 0 saturated carbocycles. The molecule has 1 saturated heterocycles. The third kappa shape index (κ3) is 5.46. The number of carbonyl (C=O) groups is 1. The first-order valence-electron chi connectivity index (χ1n) is 13.5. The summed E-state index contributed by atoms with van der Waals surface area (Å²) in [5.74, 6) is 0.328. The van der Waals surface area contributed by atoms with Gasteiger partial charge in [-0.2, -0.15) is 0 Å². The Balaban J connectivity index is 1.02. The molecule has 0 N–H and O–H groups in total. The zero-order valence-electron chi connectivity index (χ0n) is 21.8. The number of thiophene rings is 1. The van der Waals surface area contributed by atoms with Gasteiger partial charge in [-0.3, -0.25) is 14.5 Å². The maximum absolute atomic E-state index is 13.1. The quantitative estimate of drug-likeness (QED) is 0.231. The van der Waals surface area contributed by atoms with E-state index in [1.165, 1.54) is 26.4 Å². The van der Waals surface area contributed by atoms with E-state index in [2.05, 4.69) is 39.4 Å². The predicted octanol–water partition coefficient (Wildman–Crippen LogP) is 5.89. The Labute approximate surface area is 231 Å². The van der Waals surface area contributed by atoms with Crippen LogP contribution in [0.1, 0.15) is 23.2 Å². The fourth-order valence-corrected chi connectivity index (χ4v) is 6.12. The lowest BCUT2D eigenvalue weighted by atomic mass is 10.1. The number of piperazine rings is 1. The highest BCUT2D eigenvalue weighted by Gasteiger charge is 2.19. The molecule has 3 aromatic carbocycles. The van der Waals surface area contributed by atoms with Crippen LogP contribution in [0.5, 0.6) is 5.75 Å². The summed E-state index contributed by atoms with van der Waals surface area (Å²) < 4.78 is 8.63. The summed E-state index contributed by atoms with van der Waals surface area (Å²) in [5, 5.41) is 4.36. The lowest BCUT2D eigenvalue weighted by molar-refractivity contribution is 0.0961. The van der Waals surface area contributed by atoms with Gasteiger partial charge in [-0.15, -0.1) is 11.3 Å². The number of aromatic nitrogens is 1. The fourth-order valence-electron chi connectivity index (χ4n) is 5.32. The maximum Gasteiger partial charge on any atom is 0.265 e. The number of benzene rings is 3. The Morgan fingerprint density at radius 2 is 1.67 bits per heavy atom. The van der Waals surface area contributed by atoms with Gasteiger partial charge >= 0.3 is 0 Å². The van der Waals surface area contributed by atoms with E-state index in [0.29, 0.717) is 23.4 Å². The minimum absolute atomic E-state index is 0.338. The molecule has 1 aliphatic rings. The van der Waals surface area contributed by atoms with Gasteiger partial charge in [0.1, 0.15) is 5.75 Å². The largest absolute Gasteiger partial charge is 0.494 e. The number of hydrogen-bond donors (Lipinski definition) is 0. The molecular formula is C32H31N3O3S. The van der Waals surface area contributed by atoms with Gasteiger partial charge in [0.25, 0.3) is 11.5 Å². The number of pyridine rings is 1. The van der Waals surface area contributed by atoms with Gasteiger partial charge < -0.3 is 9.64 Å². The number of fused-ring (bicyclic) bond motifs is 2. The second-order valence-corrected chi connectivity index (χ2v) is 10.8. The monoisotopic (exact) mass is 537 g/mol. The van der Waals surface area contributed by atoms with Crippen molar-refractivity contribution in [2.75, 3.05) is 44.2 Å². The van der Waals surface area contributed by atoms with E-state index in [4.69, 9.17) is 4.74 Å². The predicted molar refractivity (Wildman–Crippen MR) is 160 cm³/mol. The van der Waals surface area contributed by atoms with Crippen LogP contribution in [0, 0.1) is 0 Å². The molecule has 0 spiro atoms. The Hall–Kier alpha value is -3.94. The van der Waals surface area contributed by atoms with E-state index in [0.717, 1.165) is 51.0 Å². The van der Waals surface area contributed by atoms with Crippen LogP contribution in [-0.4, -0.2) is 54.7 Å². The molecule has 0 atom stereocenters. The summed E-state index contributed by atoms with van der Waals surface area (Å²) in [6.45, 7) is 5.88. The van der Waals surface area contributed by atoms with Gasteiger partial charge in [0.05, 0.1) is 12.1 Å². The number of ether oxygens (including phenoxy) is 1. The number of nitrogens with zero attached hydrogens (tertiary/aromatic N) is 3. The molecular weight excluding hydrogens is 506 g/mol. The second kappa shape index (κ2) is 11.4. The summed E-state index contributed by atoms with van der Waals surface area (Å²) >= 11 is 1.80. The molecule has 1 fully saturated rings. The van der Waals surface area contributed by atoms with Crippen molar-refractivity contribution in [3.63, 3.8) is 0 Å². The molecule has 7 heteroatoms. The van der Waals surface area contributed by atoms with Gasteiger partial charge in [0, 0.05) is 59.6 Å². The highest BCUT2D eigenvalue weighted by Crippen LogP contribution is 2.31. The zero-order valence-corrected chi connectivity index (χ0v) is 22.6. The van der Waals surface area contributed by atoms with Crippen LogP contribution >= 0.6 is 11.3 Å². The standard InChI is InChI=1S/C32H31N3O3S/c36-31-14-12-24-11-13-26(23-29(24)35(31)32(37)25-7-2-1-3-8-25)38-21-5-4-16-33-17-19-34(20-18-33)28-9-6-10-30-27(28)15-22-39-30/h1-3,6-15,22-23H,4-5,16-21H2. The SMILES string of the molecule is O=C(c1ccccc1)n1c(=O)ccc2ccc(OCCCCN3CCN(c4cccc5sccc45)CC3)cc21. The van der Waals surface area contributed by atoms with Crippen molar-refractivity contribution in [1.29, 1.82) is 0 Å². The summed E-state index contributed by atoms with van der Waals surface area (Å²) in [5.41, 5.74) is 2.04. The Kier molecular flexibility index (Phi) is 7.43. The number of rotatable bonds is 8. The van der Waals surface area contributed by atoms with Crippen molar-refractivity contribution in [2.24, 2.45) is 0 Å². The lowest BCUT2D eigenvalue weighted by Gasteiger charge is -2.36. The maximum atomic E-state index is 13.1. The third-order valence-corrected chi connectivity index (χ3v) is 8.30. The normalized spacial score (nSPS) is 14.2. The van der Waals surface area contributed by atoms with Crippen LogP contribution in [0.3, 0.4) is 0 Å². The first kappa shape index (κ1) is 25.3. The van der Waals surface area contributed by atoms with Crippen molar-refractivity contribution < 1.29 is 9.53 Å². The molecule has 6 rings (SSSR count). The fraction of sp³-hybridized carbons (Fsp3) is 0.250. The number of anilines is 1. The molecule has 1 aliphatic heterocycles. The molecule has 0 amide bonds. The van der Waals surface area contributed by atoms with Crippen LogP contribution < -0.4 is 15.2 Å². The molecule has 0 aliphatic carbocycles. The molecule has 0 radical (unpaired) electrons. The molecule has 39 heavy (non-hydrogen) atoms. The summed E-state index contributed by atoms with van der Waals surface area (Å²) in [6.07, 6.45) is 2.00. The van der Waals surface area contributed by atoms with Crippen LogP contribution in [0.15, 0.2) is 95.1 Å². The molecule has 0 unspecified atom stereocenters. The number of unbranched alkanes of at least 4 members (excludes halogenated alkanes) is 1. The Morgan fingerprint density at radius 1 is 0.846 bits per heavy atom. The number of carbonyl (C=O) groups excluding carboxylic acids is 1. The van der Waals surface area contributed by atoms with E-state index in [9.17, 15) is 9.59 Å². The molecule has 0 bridgehead atoms. The molecule has 198 valence electrons. The Bertz CT molecular complexity index is 1650. The highest BCUT2D eigenvalue weighted by molar-refractivity contribution is 7.17. The van der Waals surface area contributed by atoms with Crippen LogP contribution in [-0.2, 0) is 0 Å². The van der Waals surface area contributed by atoms with E-state index in [-0.39, 0.29) is 11.5 Å². The average molecular weight is 538 g/mol. The van der Waals surface area contributed by atoms with Gasteiger partial charge in [-0.1, -0.05) is 24.3 Å². The van der Waals surface area contributed by atoms with E-state index < -0.39 is 0 Å². The molecule has 6 nitrogen and oxygen atoms in total. The molecule has 3 heterocycles. The lowest BCUT2D eigenvalue weighted by Crippen LogP contribution is -2.46. The van der Waals surface area contributed by atoms with E-state index in [1.807, 2.05) is 18.2 Å². The van der Waals surface area contributed by atoms with E-state index >= 15 is 0 Å². The van der Waals surface area contributed by atoms with Gasteiger partial charge in [-0.25, -0.2) is 4.57 Å². The van der Waals surface area contributed by atoms with Crippen molar-refractivity contribution in [1.82, 2.24) is 9.47 Å². The molecule has 5 aromatic rings. The zero-order chi connectivity index (χ0) is 26.6. The first-order valence-corrected chi connectivity index (χ1v) is 14.4. The summed E-state index contributed by atoms with van der Waals surface area (Å²) in [4.78, 5) is 30.8. The van der Waals surface area contributed by atoms with Crippen molar-refractivity contribution in [2.45, 2.75) is 12.8 Å². The number of hydrogen-bond acceptors (Lipinski definition) is 6. The van der Waals surface area contributed by atoms with Crippen LogP contribution in [0.25, 0.3) is 21.0 Å². The summed E-state index contributed by atoms with van der Waals surface area (Å²) in [7, 11) is 0.